The van der Waals surface area contributed by atoms with Crippen molar-refractivity contribution in [3.8, 4) is 11.1 Å². The Hall–Kier alpha value is -2.39. The highest BCUT2D eigenvalue weighted by Crippen LogP contribution is 2.40. The lowest BCUT2D eigenvalue weighted by atomic mass is 9.94. The molecule has 2 aromatic carbocycles. The molecular weight excluding hydrogens is 360 g/mol. The van der Waals surface area contributed by atoms with E-state index in [1.807, 2.05) is 30.3 Å². The van der Waals surface area contributed by atoms with E-state index in [0.717, 1.165) is 49.7 Å². The van der Waals surface area contributed by atoms with Crippen LogP contribution in [0.2, 0.25) is 0 Å². The number of hydrogen-bond donors (Lipinski definition) is 2. The van der Waals surface area contributed by atoms with E-state index in [0.29, 0.717) is 12.2 Å². The van der Waals surface area contributed by atoms with Crippen molar-refractivity contribution in [2.45, 2.75) is 64.2 Å². The van der Waals surface area contributed by atoms with Gasteiger partial charge in [0.2, 0.25) is 0 Å². The summed E-state index contributed by atoms with van der Waals surface area (Å²) in [4.78, 5) is 12.0. The number of carboxylic acid groups (broad SMARTS) is 1. The normalized spacial score (nSPS) is 12.7. The first-order valence-corrected chi connectivity index (χ1v) is 11.0. The fraction of sp³-hybridized carbons (Fsp3) is 0.423. The van der Waals surface area contributed by atoms with Gasteiger partial charge in [-0.05, 0) is 53.5 Å². The second-order valence-electron chi connectivity index (χ2n) is 7.93. The zero-order valence-electron chi connectivity index (χ0n) is 17.2. The third-order valence-electron chi connectivity index (χ3n) is 5.83. The summed E-state index contributed by atoms with van der Waals surface area (Å²) in [5.41, 5.74) is 6.14. The fourth-order valence-electron chi connectivity index (χ4n) is 4.29. The Morgan fingerprint density at radius 2 is 1.48 bits per heavy atom. The molecule has 2 N–H and O–H groups in total. The highest BCUT2D eigenvalue weighted by Gasteiger charge is 2.23. The smallest absolute Gasteiger partial charge is 0.335 e. The molecule has 1 aliphatic rings. The molecule has 3 rings (SSSR count). The number of carboxylic acids is 1. The molecule has 0 heterocycles. The van der Waals surface area contributed by atoms with Crippen molar-refractivity contribution in [2.75, 3.05) is 6.61 Å². The van der Waals surface area contributed by atoms with Gasteiger partial charge >= 0.3 is 5.97 Å². The quantitative estimate of drug-likeness (QED) is 0.284. The number of aliphatic carboxylic acids is 1. The summed E-state index contributed by atoms with van der Waals surface area (Å²) in [6.07, 6.45) is 12.6. The Morgan fingerprint density at radius 3 is 2.21 bits per heavy atom. The first-order chi connectivity index (χ1) is 14.2. The summed E-state index contributed by atoms with van der Waals surface area (Å²) in [5.74, 6) is -0.835. The van der Waals surface area contributed by atoms with Crippen molar-refractivity contribution >= 4 is 11.5 Å². The average molecular weight is 393 g/mol. The highest BCUT2D eigenvalue weighted by molar-refractivity contribution is 6.16. The van der Waals surface area contributed by atoms with Gasteiger partial charge in [-0.15, -0.1) is 0 Å². The third-order valence-corrected chi connectivity index (χ3v) is 5.83. The molecule has 0 aromatic heterocycles. The molecular formula is C26H32O3. The maximum atomic E-state index is 12.0. The van der Waals surface area contributed by atoms with Crippen LogP contribution in [0.4, 0.5) is 0 Å². The molecule has 0 atom stereocenters. The topological polar surface area (TPSA) is 57.5 Å². The third kappa shape index (κ3) is 5.57. The minimum atomic E-state index is -0.835. The number of rotatable bonds is 12. The van der Waals surface area contributed by atoms with Gasteiger partial charge in [-0.2, -0.15) is 0 Å². The van der Waals surface area contributed by atoms with E-state index in [4.69, 9.17) is 5.11 Å². The number of carbonyl (C=O) groups is 1. The molecule has 0 radical (unpaired) electrons. The molecule has 0 fully saturated rings. The lowest BCUT2D eigenvalue weighted by molar-refractivity contribution is -0.130. The summed E-state index contributed by atoms with van der Waals surface area (Å²) < 4.78 is 0. The van der Waals surface area contributed by atoms with Gasteiger partial charge in [-0.3, -0.25) is 0 Å². The lowest BCUT2D eigenvalue weighted by Crippen LogP contribution is -2.03. The van der Waals surface area contributed by atoms with Gasteiger partial charge in [-0.1, -0.05) is 87.1 Å². The number of aliphatic hydroxyl groups excluding tert-OH is 1. The van der Waals surface area contributed by atoms with Crippen molar-refractivity contribution in [2.24, 2.45) is 0 Å². The summed E-state index contributed by atoms with van der Waals surface area (Å²) in [7, 11) is 0. The molecule has 0 amide bonds. The molecule has 0 aliphatic heterocycles. The van der Waals surface area contributed by atoms with E-state index in [-0.39, 0.29) is 0 Å². The standard InChI is InChI=1S/C26H32O3/c27-18-11-7-5-3-1-2-4-6-8-15-24(26(28)29)23-17-12-16-22-21-14-10-9-13-20(21)19-25(22)23/h9-10,12-17,27H,1-8,11,18-19H2,(H,28,29). The monoisotopic (exact) mass is 392 g/mol. The van der Waals surface area contributed by atoms with Crippen LogP contribution < -0.4 is 0 Å². The molecule has 0 unspecified atom stereocenters. The molecule has 29 heavy (non-hydrogen) atoms. The molecule has 0 saturated carbocycles. The first kappa shape index (κ1) is 21.3. The fourth-order valence-corrected chi connectivity index (χ4v) is 4.29. The van der Waals surface area contributed by atoms with Crippen LogP contribution in [0.5, 0.6) is 0 Å². The summed E-state index contributed by atoms with van der Waals surface area (Å²) in [6, 6.07) is 14.4. The van der Waals surface area contributed by atoms with Crippen LogP contribution in [0.3, 0.4) is 0 Å². The summed E-state index contributed by atoms with van der Waals surface area (Å²) >= 11 is 0. The minimum absolute atomic E-state index is 0.301. The molecule has 3 heteroatoms. The number of hydrogen-bond acceptors (Lipinski definition) is 2. The number of allylic oxidation sites excluding steroid dienone is 1. The summed E-state index contributed by atoms with van der Waals surface area (Å²) in [6.45, 7) is 0.301. The van der Waals surface area contributed by atoms with E-state index < -0.39 is 5.97 Å². The molecule has 1 aliphatic carbocycles. The van der Waals surface area contributed by atoms with Gasteiger partial charge in [-0.25, -0.2) is 4.79 Å². The number of benzene rings is 2. The average Bonchev–Trinajstić information content (AvgIpc) is 3.11. The van der Waals surface area contributed by atoms with Crippen LogP contribution in [-0.4, -0.2) is 22.8 Å². The predicted octanol–water partition coefficient (Wildman–Crippen LogP) is 6.23. The van der Waals surface area contributed by atoms with E-state index in [1.54, 1.807) is 0 Å². The van der Waals surface area contributed by atoms with Crippen LogP contribution in [0, 0.1) is 0 Å². The van der Waals surface area contributed by atoms with Gasteiger partial charge < -0.3 is 10.2 Å². The highest BCUT2D eigenvalue weighted by atomic mass is 16.4. The minimum Gasteiger partial charge on any atom is -0.478 e. The van der Waals surface area contributed by atoms with E-state index >= 15 is 0 Å². The molecule has 0 saturated heterocycles. The van der Waals surface area contributed by atoms with Crippen LogP contribution in [0.25, 0.3) is 16.7 Å². The second kappa shape index (κ2) is 11.0. The Balaban J connectivity index is 1.57. The van der Waals surface area contributed by atoms with Gasteiger partial charge in [0, 0.05) is 6.61 Å². The second-order valence-corrected chi connectivity index (χ2v) is 7.93. The molecule has 3 nitrogen and oxygen atoms in total. The van der Waals surface area contributed by atoms with Gasteiger partial charge in [0.25, 0.3) is 0 Å². The van der Waals surface area contributed by atoms with Crippen LogP contribution in [0.1, 0.15) is 74.5 Å². The van der Waals surface area contributed by atoms with Gasteiger partial charge in [0.15, 0.2) is 0 Å². The Bertz CT molecular complexity index is 851. The van der Waals surface area contributed by atoms with Gasteiger partial charge in [0.1, 0.15) is 0 Å². The number of unbranched alkanes of at least 4 members (excludes halogenated alkanes) is 8. The van der Waals surface area contributed by atoms with E-state index in [9.17, 15) is 9.90 Å². The van der Waals surface area contributed by atoms with Crippen molar-refractivity contribution in [1.29, 1.82) is 0 Å². The number of aliphatic hydroxyl groups is 1. The molecule has 2 aromatic rings. The maximum absolute atomic E-state index is 12.0. The Morgan fingerprint density at radius 1 is 0.828 bits per heavy atom. The van der Waals surface area contributed by atoms with Crippen molar-refractivity contribution in [3.63, 3.8) is 0 Å². The van der Waals surface area contributed by atoms with Crippen molar-refractivity contribution in [1.82, 2.24) is 0 Å². The van der Waals surface area contributed by atoms with E-state index in [1.165, 1.54) is 42.4 Å². The first-order valence-electron chi connectivity index (χ1n) is 11.0. The van der Waals surface area contributed by atoms with Crippen molar-refractivity contribution in [3.05, 3.63) is 65.2 Å². The molecule has 0 bridgehead atoms. The maximum Gasteiger partial charge on any atom is 0.335 e. The van der Waals surface area contributed by atoms with Crippen LogP contribution >= 0.6 is 0 Å². The predicted molar refractivity (Wildman–Crippen MR) is 119 cm³/mol. The van der Waals surface area contributed by atoms with Crippen LogP contribution in [0.15, 0.2) is 48.5 Å². The van der Waals surface area contributed by atoms with Crippen LogP contribution in [-0.2, 0) is 11.2 Å². The zero-order valence-corrected chi connectivity index (χ0v) is 17.2. The molecule has 154 valence electrons. The Kier molecular flexibility index (Phi) is 8.06. The van der Waals surface area contributed by atoms with E-state index in [2.05, 4.69) is 18.2 Å². The lowest BCUT2D eigenvalue weighted by Gasteiger charge is -2.10. The SMILES string of the molecule is O=C(O)C(=CCCCCCCCCCCO)c1cccc2c1Cc1ccccc1-2. The zero-order chi connectivity index (χ0) is 20.5. The largest absolute Gasteiger partial charge is 0.478 e. The Labute approximate surface area is 174 Å². The summed E-state index contributed by atoms with van der Waals surface area (Å²) in [5, 5.41) is 18.6. The molecule has 0 spiro atoms. The van der Waals surface area contributed by atoms with Crippen molar-refractivity contribution < 1.29 is 15.0 Å². The van der Waals surface area contributed by atoms with Gasteiger partial charge in [0.05, 0.1) is 5.57 Å². The number of fused-ring (bicyclic) bond motifs is 3.